The fraction of sp³-hybridized carbons (Fsp3) is 0.600. The van der Waals surface area contributed by atoms with Gasteiger partial charge >= 0.3 is 5.97 Å². The van der Waals surface area contributed by atoms with E-state index in [1.807, 2.05) is 13.8 Å². The summed E-state index contributed by atoms with van der Waals surface area (Å²) in [6, 6.07) is 5.11. The fourth-order valence-corrected chi connectivity index (χ4v) is 5.21. The molecule has 0 atom stereocenters. The van der Waals surface area contributed by atoms with Crippen molar-refractivity contribution in [2.24, 2.45) is 5.92 Å². The number of ether oxygens (including phenoxy) is 1. The van der Waals surface area contributed by atoms with Crippen molar-refractivity contribution in [3.63, 3.8) is 0 Å². The lowest BCUT2D eigenvalue weighted by atomic mass is 10.1. The van der Waals surface area contributed by atoms with E-state index in [9.17, 15) is 18.0 Å². The number of aryl methyl sites for hydroxylation is 2. The highest BCUT2D eigenvalue weighted by Crippen LogP contribution is 2.25. The molecule has 0 unspecified atom stereocenters. The van der Waals surface area contributed by atoms with Crippen LogP contribution in [-0.4, -0.2) is 62.3 Å². The third-order valence-corrected chi connectivity index (χ3v) is 7.63. The van der Waals surface area contributed by atoms with Crippen molar-refractivity contribution in [3.05, 3.63) is 29.3 Å². The maximum Gasteiger partial charge on any atom is 0.309 e. The average Bonchev–Trinajstić information content (AvgIpc) is 3.23. The van der Waals surface area contributed by atoms with E-state index in [-0.39, 0.29) is 42.4 Å². The summed E-state index contributed by atoms with van der Waals surface area (Å²) in [5, 5.41) is 0. The van der Waals surface area contributed by atoms with Crippen molar-refractivity contribution in [2.45, 2.75) is 44.4 Å². The molecule has 1 heterocycles. The van der Waals surface area contributed by atoms with E-state index in [4.69, 9.17) is 4.74 Å². The Hall–Kier alpha value is -1.93. The number of carbonyl (C=O) groups excluding carboxylic acids is 2. The van der Waals surface area contributed by atoms with Crippen LogP contribution in [-0.2, 0) is 24.3 Å². The van der Waals surface area contributed by atoms with E-state index in [1.165, 1.54) is 4.31 Å². The molecule has 0 aromatic heterocycles. The molecule has 1 aromatic rings. The second kappa shape index (κ2) is 8.61. The van der Waals surface area contributed by atoms with Gasteiger partial charge in [-0.1, -0.05) is 18.9 Å². The van der Waals surface area contributed by atoms with Gasteiger partial charge in [0.05, 0.1) is 10.8 Å². The minimum absolute atomic E-state index is 0.0762. The van der Waals surface area contributed by atoms with Crippen molar-refractivity contribution in [1.29, 1.82) is 0 Å². The number of nitrogens with zero attached hydrogens (tertiary/aromatic N) is 2. The van der Waals surface area contributed by atoms with Crippen LogP contribution in [0.4, 0.5) is 0 Å². The van der Waals surface area contributed by atoms with Crippen molar-refractivity contribution in [2.75, 3.05) is 32.8 Å². The molecule has 0 bridgehead atoms. The van der Waals surface area contributed by atoms with Gasteiger partial charge in [0, 0.05) is 26.2 Å². The lowest BCUT2D eigenvalue weighted by Gasteiger charge is -2.34. The Bertz CT molecular complexity index is 838. The molecule has 154 valence electrons. The Morgan fingerprint density at radius 1 is 1.04 bits per heavy atom. The molecule has 7 nitrogen and oxygen atoms in total. The SMILES string of the molecule is Cc1ccc(S(=O)(=O)N2CCN(C(=O)COC(=O)C3CCCC3)CC2)cc1C. The smallest absolute Gasteiger partial charge is 0.309 e. The third kappa shape index (κ3) is 4.55. The molecular formula is C20H28N2O5S. The first kappa shape index (κ1) is 20.8. The highest BCUT2D eigenvalue weighted by atomic mass is 32.2. The number of carbonyl (C=O) groups is 2. The van der Waals surface area contributed by atoms with E-state index in [0.29, 0.717) is 13.1 Å². The molecule has 0 radical (unpaired) electrons. The summed E-state index contributed by atoms with van der Waals surface area (Å²) in [7, 11) is -3.58. The van der Waals surface area contributed by atoms with Crippen molar-refractivity contribution in [1.82, 2.24) is 9.21 Å². The zero-order valence-corrected chi connectivity index (χ0v) is 17.3. The van der Waals surface area contributed by atoms with Gasteiger partial charge in [0.25, 0.3) is 5.91 Å². The zero-order chi connectivity index (χ0) is 20.3. The molecule has 8 heteroatoms. The molecule has 0 N–H and O–H groups in total. The van der Waals surface area contributed by atoms with Crippen LogP contribution in [0.3, 0.4) is 0 Å². The minimum atomic E-state index is -3.58. The summed E-state index contributed by atoms with van der Waals surface area (Å²) in [4.78, 5) is 26.1. The third-order valence-electron chi connectivity index (χ3n) is 5.73. The van der Waals surface area contributed by atoms with E-state index in [1.54, 1.807) is 23.1 Å². The highest BCUT2D eigenvalue weighted by Gasteiger charge is 2.31. The van der Waals surface area contributed by atoms with Gasteiger partial charge in [-0.2, -0.15) is 4.31 Å². The number of hydrogen-bond acceptors (Lipinski definition) is 5. The van der Waals surface area contributed by atoms with Crippen molar-refractivity contribution in [3.8, 4) is 0 Å². The van der Waals surface area contributed by atoms with Crippen LogP contribution >= 0.6 is 0 Å². The van der Waals surface area contributed by atoms with Gasteiger partial charge in [0.2, 0.25) is 10.0 Å². The predicted octanol–water partition coefficient (Wildman–Crippen LogP) is 1.87. The maximum absolute atomic E-state index is 12.8. The average molecular weight is 409 g/mol. The quantitative estimate of drug-likeness (QED) is 0.695. The highest BCUT2D eigenvalue weighted by molar-refractivity contribution is 7.89. The van der Waals surface area contributed by atoms with Crippen LogP contribution in [0.15, 0.2) is 23.1 Å². The second-order valence-corrected chi connectivity index (χ2v) is 9.56. The van der Waals surface area contributed by atoms with E-state index in [0.717, 1.165) is 36.8 Å². The lowest BCUT2D eigenvalue weighted by molar-refractivity contribution is -0.155. The molecule has 1 amide bonds. The molecule has 3 rings (SSSR count). The molecule has 1 aliphatic heterocycles. The maximum atomic E-state index is 12.8. The summed E-state index contributed by atoms with van der Waals surface area (Å²) in [5.74, 6) is -0.635. The predicted molar refractivity (Wildman–Crippen MR) is 104 cm³/mol. The largest absolute Gasteiger partial charge is 0.455 e. The van der Waals surface area contributed by atoms with Gasteiger partial charge in [-0.3, -0.25) is 9.59 Å². The Labute approximate surface area is 166 Å². The monoisotopic (exact) mass is 408 g/mol. The first-order chi connectivity index (χ1) is 13.3. The topological polar surface area (TPSA) is 84.0 Å². The molecule has 28 heavy (non-hydrogen) atoms. The van der Waals surface area contributed by atoms with Crippen LogP contribution in [0.2, 0.25) is 0 Å². The number of piperazine rings is 1. The first-order valence-electron chi connectivity index (χ1n) is 9.81. The minimum Gasteiger partial charge on any atom is -0.455 e. The lowest BCUT2D eigenvalue weighted by Crippen LogP contribution is -2.51. The number of esters is 1. The first-order valence-corrected chi connectivity index (χ1v) is 11.2. The van der Waals surface area contributed by atoms with Gasteiger partial charge < -0.3 is 9.64 Å². The van der Waals surface area contributed by atoms with Crippen LogP contribution in [0.1, 0.15) is 36.8 Å². The summed E-state index contributed by atoms with van der Waals surface area (Å²) >= 11 is 0. The van der Waals surface area contributed by atoms with Crippen LogP contribution in [0.25, 0.3) is 0 Å². The molecule has 2 aliphatic rings. The van der Waals surface area contributed by atoms with Crippen LogP contribution in [0.5, 0.6) is 0 Å². The van der Waals surface area contributed by atoms with Crippen LogP contribution < -0.4 is 0 Å². The molecule has 2 fully saturated rings. The van der Waals surface area contributed by atoms with Gasteiger partial charge in [-0.15, -0.1) is 0 Å². The van der Waals surface area contributed by atoms with E-state index >= 15 is 0 Å². The molecule has 1 saturated heterocycles. The molecule has 1 aliphatic carbocycles. The van der Waals surface area contributed by atoms with Gasteiger partial charge in [0.1, 0.15) is 0 Å². The summed E-state index contributed by atoms with van der Waals surface area (Å²) < 4.78 is 32.3. The molecule has 1 aromatic carbocycles. The number of amides is 1. The summed E-state index contributed by atoms with van der Waals surface area (Å²) in [5.41, 5.74) is 1.97. The van der Waals surface area contributed by atoms with Gasteiger partial charge in [-0.05, 0) is 49.9 Å². The number of benzene rings is 1. The second-order valence-electron chi connectivity index (χ2n) is 7.62. The number of rotatable bonds is 5. The molecule has 1 saturated carbocycles. The Morgan fingerprint density at radius 2 is 1.68 bits per heavy atom. The summed E-state index contributed by atoms with van der Waals surface area (Å²) in [6.45, 7) is 4.62. The Morgan fingerprint density at radius 3 is 2.29 bits per heavy atom. The standard InChI is InChI=1S/C20H28N2O5S/c1-15-7-8-18(13-16(15)2)28(25,26)22-11-9-21(10-12-22)19(23)14-27-20(24)17-5-3-4-6-17/h7-8,13,17H,3-6,9-12,14H2,1-2H3. The zero-order valence-electron chi connectivity index (χ0n) is 16.5. The van der Waals surface area contributed by atoms with E-state index in [2.05, 4.69) is 0 Å². The molecular weight excluding hydrogens is 380 g/mol. The number of sulfonamides is 1. The van der Waals surface area contributed by atoms with Crippen molar-refractivity contribution < 1.29 is 22.7 Å². The van der Waals surface area contributed by atoms with Gasteiger partial charge in [-0.25, -0.2) is 8.42 Å². The number of hydrogen-bond donors (Lipinski definition) is 0. The van der Waals surface area contributed by atoms with Crippen molar-refractivity contribution >= 4 is 21.9 Å². The van der Waals surface area contributed by atoms with Crippen LogP contribution in [0, 0.1) is 19.8 Å². The Kier molecular flexibility index (Phi) is 6.40. The fourth-order valence-electron chi connectivity index (χ4n) is 3.70. The normalized spacial score (nSPS) is 19.0. The Balaban J connectivity index is 1.52. The molecule has 0 spiro atoms. The van der Waals surface area contributed by atoms with Gasteiger partial charge in [0.15, 0.2) is 6.61 Å². The van der Waals surface area contributed by atoms with E-state index < -0.39 is 10.0 Å². The summed E-state index contributed by atoms with van der Waals surface area (Å²) in [6.07, 6.45) is 3.74.